The van der Waals surface area contributed by atoms with Crippen LogP contribution >= 0.6 is 0 Å². The summed E-state index contributed by atoms with van der Waals surface area (Å²) in [5, 5.41) is 12.4. The minimum absolute atomic E-state index is 0.0257. The van der Waals surface area contributed by atoms with E-state index in [1.807, 2.05) is 6.07 Å². The molecule has 0 amide bonds. The molecule has 0 radical (unpaired) electrons. The van der Waals surface area contributed by atoms with Crippen molar-refractivity contribution in [2.24, 2.45) is 0 Å². The van der Waals surface area contributed by atoms with Gasteiger partial charge in [-0.25, -0.2) is 4.98 Å². The van der Waals surface area contributed by atoms with Crippen molar-refractivity contribution in [2.75, 3.05) is 16.8 Å². The van der Waals surface area contributed by atoms with Crippen LogP contribution in [0, 0.1) is 0 Å². The molecule has 4 heteroatoms. The zero-order valence-electron chi connectivity index (χ0n) is 9.11. The van der Waals surface area contributed by atoms with Gasteiger partial charge in [0.15, 0.2) is 5.82 Å². The minimum Gasteiger partial charge on any atom is -0.392 e. The Morgan fingerprint density at radius 1 is 1.62 bits per heavy atom. The molecule has 16 heavy (non-hydrogen) atoms. The highest BCUT2D eigenvalue weighted by Crippen LogP contribution is 2.38. The molecule has 1 fully saturated rings. The quantitative estimate of drug-likeness (QED) is 0.748. The fraction of sp³-hybridized carbons (Fsp3) is 0.417. The van der Waals surface area contributed by atoms with Gasteiger partial charge in [-0.1, -0.05) is 6.58 Å². The second kappa shape index (κ2) is 3.49. The standard InChI is InChI=1S/C12H15N3O/c1-8-11-3-2-4-15(11)12-10(14-8)5-9(7-16)6-13-12/h5-6,11,14,16H,1-4,7H2/t11-/m0/s1. The maximum atomic E-state index is 9.09. The molecule has 2 N–H and O–H groups in total. The number of hydrogen-bond acceptors (Lipinski definition) is 4. The van der Waals surface area contributed by atoms with Crippen molar-refractivity contribution >= 4 is 11.5 Å². The van der Waals surface area contributed by atoms with Crippen LogP contribution in [0.5, 0.6) is 0 Å². The Bertz CT molecular complexity index is 444. The lowest BCUT2D eigenvalue weighted by molar-refractivity contribution is 0.281. The van der Waals surface area contributed by atoms with Crippen molar-refractivity contribution in [1.82, 2.24) is 4.98 Å². The summed E-state index contributed by atoms with van der Waals surface area (Å²) in [5.74, 6) is 0.993. The van der Waals surface area contributed by atoms with Crippen LogP contribution in [0.2, 0.25) is 0 Å². The summed E-state index contributed by atoms with van der Waals surface area (Å²) in [6, 6.07) is 2.34. The number of hydrogen-bond donors (Lipinski definition) is 2. The molecule has 0 saturated carbocycles. The second-order valence-electron chi connectivity index (χ2n) is 4.37. The lowest BCUT2D eigenvalue weighted by Crippen LogP contribution is -2.38. The largest absolute Gasteiger partial charge is 0.392 e. The molecular formula is C12H15N3O. The number of aliphatic hydroxyl groups excluding tert-OH is 1. The lowest BCUT2D eigenvalue weighted by Gasteiger charge is -2.34. The third-order valence-electron chi connectivity index (χ3n) is 3.33. The second-order valence-corrected chi connectivity index (χ2v) is 4.37. The van der Waals surface area contributed by atoms with E-state index in [0.717, 1.165) is 35.7 Å². The zero-order chi connectivity index (χ0) is 11.1. The monoisotopic (exact) mass is 217 g/mol. The van der Waals surface area contributed by atoms with E-state index in [9.17, 15) is 0 Å². The van der Waals surface area contributed by atoms with Crippen LogP contribution in [0.3, 0.4) is 0 Å². The molecule has 1 aromatic rings. The molecule has 1 saturated heterocycles. The average Bonchev–Trinajstić information content (AvgIpc) is 2.78. The predicted octanol–water partition coefficient (Wildman–Crippen LogP) is 1.48. The molecule has 84 valence electrons. The lowest BCUT2D eigenvalue weighted by atomic mass is 10.1. The first-order valence-electron chi connectivity index (χ1n) is 5.62. The molecule has 3 rings (SSSR count). The Kier molecular flexibility index (Phi) is 2.11. The maximum absolute atomic E-state index is 9.09. The highest BCUT2D eigenvalue weighted by molar-refractivity contribution is 5.73. The molecule has 2 aliphatic heterocycles. The summed E-state index contributed by atoms with van der Waals surface area (Å²) < 4.78 is 0. The first kappa shape index (κ1) is 9.66. The van der Waals surface area contributed by atoms with Crippen molar-refractivity contribution in [3.8, 4) is 0 Å². The number of fused-ring (bicyclic) bond motifs is 3. The molecule has 0 aliphatic carbocycles. The molecule has 0 unspecified atom stereocenters. The van der Waals surface area contributed by atoms with E-state index in [1.54, 1.807) is 6.20 Å². The van der Waals surface area contributed by atoms with Crippen molar-refractivity contribution in [1.29, 1.82) is 0 Å². The Morgan fingerprint density at radius 2 is 2.50 bits per heavy atom. The summed E-state index contributed by atoms with van der Waals surface area (Å²) in [7, 11) is 0. The predicted molar refractivity (Wildman–Crippen MR) is 63.3 cm³/mol. The van der Waals surface area contributed by atoms with Gasteiger partial charge in [0.2, 0.25) is 0 Å². The topological polar surface area (TPSA) is 48.4 Å². The van der Waals surface area contributed by atoms with Crippen molar-refractivity contribution in [2.45, 2.75) is 25.5 Å². The van der Waals surface area contributed by atoms with Gasteiger partial charge in [0.05, 0.1) is 18.3 Å². The highest BCUT2D eigenvalue weighted by atomic mass is 16.3. The van der Waals surface area contributed by atoms with Gasteiger partial charge < -0.3 is 15.3 Å². The van der Waals surface area contributed by atoms with Crippen LogP contribution in [0.25, 0.3) is 0 Å². The highest BCUT2D eigenvalue weighted by Gasteiger charge is 2.33. The number of pyridine rings is 1. The van der Waals surface area contributed by atoms with E-state index in [2.05, 4.69) is 21.8 Å². The maximum Gasteiger partial charge on any atom is 0.152 e. The summed E-state index contributed by atoms with van der Waals surface area (Å²) in [4.78, 5) is 6.73. The van der Waals surface area contributed by atoms with E-state index < -0.39 is 0 Å². The van der Waals surface area contributed by atoms with E-state index in [4.69, 9.17) is 5.11 Å². The summed E-state index contributed by atoms with van der Waals surface area (Å²) in [5.41, 5.74) is 2.84. The first-order chi connectivity index (χ1) is 7.79. The van der Waals surface area contributed by atoms with E-state index in [0.29, 0.717) is 6.04 Å². The Hall–Kier alpha value is -1.55. The summed E-state index contributed by atoms with van der Waals surface area (Å²) >= 11 is 0. The van der Waals surface area contributed by atoms with Crippen LogP contribution < -0.4 is 10.2 Å². The number of nitrogens with one attached hydrogen (secondary N) is 1. The van der Waals surface area contributed by atoms with Gasteiger partial charge in [-0.05, 0) is 24.5 Å². The smallest absolute Gasteiger partial charge is 0.152 e. The van der Waals surface area contributed by atoms with Gasteiger partial charge in [0.1, 0.15) is 0 Å². The fourth-order valence-electron chi connectivity index (χ4n) is 2.55. The van der Waals surface area contributed by atoms with Crippen molar-refractivity contribution < 1.29 is 5.11 Å². The van der Waals surface area contributed by atoms with Crippen LogP contribution in [0.4, 0.5) is 11.5 Å². The minimum atomic E-state index is 0.0257. The molecule has 1 atom stereocenters. The normalized spacial score (nSPS) is 22.7. The summed E-state index contributed by atoms with van der Waals surface area (Å²) in [6.07, 6.45) is 4.08. The first-order valence-corrected chi connectivity index (χ1v) is 5.62. The van der Waals surface area contributed by atoms with Gasteiger partial charge in [0, 0.05) is 18.4 Å². The molecule has 2 aliphatic rings. The third-order valence-corrected chi connectivity index (χ3v) is 3.33. The molecular weight excluding hydrogens is 202 g/mol. The average molecular weight is 217 g/mol. The molecule has 0 spiro atoms. The number of rotatable bonds is 1. The summed E-state index contributed by atoms with van der Waals surface area (Å²) in [6.45, 7) is 5.14. The zero-order valence-corrected chi connectivity index (χ0v) is 9.11. The molecule has 4 nitrogen and oxygen atoms in total. The van der Waals surface area contributed by atoms with Gasteiger partial charge in [0.25, 0.3) is 0 Å². The number of aromatic nitrogens is 1. The number of nitrogens with zero attached hydrogens (tertiary/aromatic N) is 2. The molecule has 0 aromatic carbocycles. The third kappa shape index (κ3) is 1.30. The van der Waals surface area contributed by atoms with Crippen LogP contribution in [-0.4, -0.2) is 22.7 Å². The molecule has 1 aromatic heterocycles. The fourth-order valence-corrected chi connectivity index (χ4v) is 2.55. The van der Waals surface area contributed by atoms with Crippen LogP contribution in [0.15, 0.2) is 24.5 Å². The Balaban J connectivity index is 2.06. The van der Waals surface area contributed by atoms with E-state index in [-0.39, 0.29) is 6.61 Å². The van der Waals surface area contributed by atoms with Crippen molar-refractivity contribution in [3.63, 3.8) is 0 Å². The number of aliphatic hydroxyl groups is 1. The van der Waals surface area contributed by atoms with Crippen molar-refractivity contribution in [3.05, 3.63) is 30.1 Å². The molecule has 0 bridgehead atoms. The Morgan fingerprint density at radius 3 is 3.31 bits per heavy atom. The van der Waals surface area contributed by atoms with Gasteiger partial charge >= 0.3 is 0 Å². The SMILES string of the molecule is C=C1Nc2cc(CO)cnc2N2CCC[C@@H]12. The van der Waals surface area contributed by atoms with Gasteiger partial charge in [-0.2, -0.15) is 0 Å². The van der Waals surface area contributed by atoms with Gasteiger partial charge in [-0.3, -0.25) is 0 Å². The number of anilines is 2. The Labute approximate surface area is 94.6 Å². The molecule has 3 heterocycles. The van der Waals surface area contributed by atoms with Crippen LogP contribution in [0.1, 0.15) is 18.4 Å². The van der Waals surface area contributed by atoms with E-state index in [1.165, 1.54) is 6.42 Å². The van der Waals surface area contributed by atoms with Crippen LogP contribution in [-0.2, 0) is 6.61 Å². The van der Waals surface area contributed by atoms with Gasteiger partial charge in [-0.15, -0.1) is 0 Å². The van der Waals surface area contributed by atoms with E-state index >= 15 is 0 Å².